The van der Waals surface area contributed by atoms with Gasteiger partial charge < -0.3 is 10.2 Å². The standard InChI is InChI=1S/C15H27N3S/c1-5-18(6-2)15-17-10-13(19-15)9-16-14-8-7-11(3)12(14)4/h10-12,14,16H,5-9H2,1-4H3. The largest absolute Gasteiger partial charge is 0.349 e. The van der Waals surface area contributed by atoms with Gasteiger partial charge in [-0.3, -0.25) is 0 Å². The lowest BCUT2D eigenvalue weighted by atomic mass is 9.98. The van der Waals surface area contributed by atoms with Crippen LogP contribution in [0.15, 0.2) is 6.20 Å². The summed E-state index contributed by atoms with van der Waals surface area (Å²) in [6.45, 7) is 12.2. The van der Waals surface area contributed by atoms with Gasteiger partial charge in [-0.2, -0.15) is 0 Å². The quantitative estimate of drug-likeness (QED) is 0.865. The van der Waals surface area contributed by atoms with Crippen LogP contribution in [-0.2, 0) is 6.54 Å². The van der Waals surface area contributed by atoms with E-state index in [0.717, 1.165) is 36.6 Å². The van der Waals surface area contributed by atoms with E-state index in [-0.39, 0.29) is 0 Å². The van der Waals surface area contributed by atoms with Crippen molar-refractivity contribution in [1.29, 1.82) is 0 Å². The Hall–Kier alpha value is -0.610. The van der Waals surface area contributed by atoms with Gasteiger partial charge in [-0.15, -0.1) is 11.3 Å². The fraction of sp³-hybridized carbons (Fsp3) is 0.800. The Morgan fingerprint density at radius 2 is 2.05 bits per heavy atom. The SMILES string of the molecule is CCN(CC)c1ncc(CNC2CCC(C)C2C)s1. The van der Waals surface area contributed by atoms with Gasteiger partial charge in [-0.25, -0.2) is 4.98 Å². The van der Waals surface area contributed by atoms with Gasteiger partial charge >= 0.3 is 0 Å². The average Bonchev–Trinajstić information content (AvgIpc) is 2.99. The third-order valence-corrected chi connectivity index (χ3v) is 5.64. The van der Waals surface area contributed by atoms with Crippen LogP contribution in [0.1, 0.15) is 45.4 Å². The Balaban J connectivity index is 1.87. The molecule has 0 spiro atoms. The highest BCUT2D eigenvalue weighted by molar-refractivity contribution is 7.15. The van der Waals surface area contributed by atoms with Crippen LogP contribution in [0.25, 0.3) is 0 Å². The molecule has 1 heterocycles. The second kappa shape index (κ2) is 6.71. The van der Waals surface area contributed by atoms with E-state index >= 15 is 0 Å². The van der Waals surface area contributed by atoms with E-state index in [9.17, 15) is 0 Å². The average molecular weight is 281 g/mol. The topological polar surface area (TPSA) is 28.2 Å². The molecule has 1 aliphatic carbocycles. The van der Waals surface area contributed by atoms with Crippen molar-refractivity contribution in [3.63, 3.8) is 0 Å². The van der Waals surface area contributed by atoms with Gasteiger partial charge in [0.1, 0.15) is 0 Å². The van der Waals surface area contributed by atoms with E-state index in [1.165, 1.54) is 17.7 Å². The maximum atomic E-state index is 4.54. The highest BCUT2D eigenvalue weighted by atomic mass is 32.1. The summed E-state index contributed by atoms with van der Waals surface area (Å²) in [5.74, 6) is 1.67. The molecule has 2 rings (SSSR count). The first-order valence-corrected chi connectivity index (χ1v) is 8.40. The molecule has 1 N–H and O–H groups in total. The summed E-state index contributed by atoms with van der Waals surface area (Å²) in [7, 11) is 0. The van der Waals surface area contributed by atoms with E-state index in [1.54, 1.807) is 0 Å². The predicted octanol–water partition coefficient (Wildman–Crippen LogP) is 3.51. The van der Waals surface area contributed by atoms with Crippen LogP contribution < -0.4 is 10.2 Å². The maximum Gasteiger partial charge on any atom is 0.185 e. The number of hydrogen-bond acceptors (Lipinski definition) is 4. The van der Waals surface area contributed by atoms with Crippen LogP contribution in [0, 0.1) is 11.8 Å². The van der Waals surface area contributed by atoms with Crippen molar-refractivity contribution in [2.75, 3.05) is 18.0 Å². The van der Waals surface area contributed by atoms with E-state index in [0.29, 0.717) is 6.04 Å². The normalized spacial score (nSPS) is 26.8. The van der Waals surface area contributed by atoms with Crippen LogP contribution in [-0.4, -0.2) is 24.1 Å². The summed E-state index contributed by atoms with van der Waals surface area (Å²) in [5.41, 5.74) is 0. The molecule has 0 bridgehead atoms. The van der Waals surface area contributed by atoms with Crippen molar-refractivity contribution in [3.05, 3.63) is 11.1 Å². The lowest BCUT2D eigenvalue weighted by Crippen LogP contribution is -2.31. The summed E-state index contributed by atoms with van der Waals surface area (Å²) in [6.07, 6.45) is 4.73. The highest BCUT2D eigenvalue weighted by Gasteiger charge is 2.29. The van der Waals surface area contributed by atoms with Crippen LogP contribution in [0.5, 0.6) is 0 Å². The number of aromatic nitrogens is 1. The number of nitrogens with one attached hydrogen (secondary N) is 1. The monoisotopic (exact) mass is 281 g/mol. The van der Waals surface area contributed by atoms with Crippen molar-refractivity contribution in [3.8, 4) is 0 Å². The lowest BCUT2D eigenvalue weighted by Gasteiger charge is -2.19. The maximum absolute atomic E-state index is 4.54. The molecule has 3 unspecified atom stereocenters. The van der Waals surface area contributed by atoms with E-state index in [4.69, 9.17) is 0 Å². The van der Waals surface area contributed by atoms with Crippen LogP contribution in [0.2, 0.25) is 0 Å². The number of rotatable bonds is 6. The van der Waals surface area contributed by atoms with Crippen LogP contribution >= 0.6 is 11.3 Å². The van der Waals surface area contributed by atoms with Crippen molar-refractivity contribution in [1.82, 2.24) is 10.3 Å². The van der Waals surface area contributed by atoms with Gasteiger partial charge in [-0.1, -0.05) is 13.8 Å². The fourth-order valence-electron chi connectivity index (χ4n) is 2.90. The van der Waals surface area contributed by atoms with Crippen molar-refractivity contribution in [2.45, 2.75) is 53.1 Å². The molecule has 0 amide bonds. The molecule has 1 fully saturated rings. The van der Waals surface area contributed by atoms with Gasteiger partial charge in [0, 0.05) is 36.8 Å². The smallest absolute Gasteiger partial charge is 0.185 e. The third kappa shape index (κ3) is 3.48. The van der Waals surface area contributed by atoms with Gasteiger partial charge in [-0.05, 0) is 38.5 Å². The fourth-order valence-corrected chi connectivity index (χ4v) is 3.89. The Bertz CT molecular complexity index is 386. The third-order valence-electron chi connectivity index (χ3n) is 4.58. The molecule has 1 saturated carbocycles. The molecule has 19 heavy (non-hydrogen) atoms. The second-order valence-electron chi connectivity index (χ2n) is 5.68. The molecule has 3 nitrogen and oxygen atoms in total. The molecule has 108 valence electrons. The van der Waals surface area contributed by atoms with E-state index in [1.807, 2.05) is 17.5 Å². The molecule has 0 aromatic carbocycles. The molecule has 3 atom stereocenters. The Morgan fingerprint density at radius 1 is 1.32 bits per heavy atom. The molecule has 0 saturated heterocycles. The van der Waals surface area contributed by atoms with Crippen molar-refractivity contribution >= 4 is 16.5 Å². The molecule has 1 aromatic rings. The van der Waals surface area contributed by atoms with Crippen LogP contribution in [0.4, 0.5) is 5.13 Å². The number of hydrogen-bond donors (Lipinski definition) is 1. The summed E-state index contributed by atoms with van der Waals surface area (Å²) < 4.78 is 0. The predicted molar refractivity (Wildman–Crippen MR) is 83.9 cm³/mol. The lowest BCUT2D eigenvalue weighted by molar-refractivity contribution is 0.370. The molecule has 0 aliphatic heterocycles. The zero-order chi connectivity index (χ0) is 13.8. The molecular weight excluding hydrogens is 254 g/mol. The van der Waals surface area contributed by atoms with Crippen LogP contribution in [0.3, 0.4) is 0 Å². The zero-order valence-corrected chi connectivity index (χ0v) is 13.5. The van der Waals surface area contributed by atoms with Gasteiger partial charge in [0.2, 0.25) is 0 Å². The summed E-state index contributed by atoms with van der Waals surface area (Å²) >= 11 is 1.83. The summed E-state index contributed by atoms with van der Waals surface area (Å²) in [5, 5.41) is 4.88. The first-order chi connectivity index (χ1) is 9.15. The first-order valence-electron chi connectivity index (χ1n) is 7.58. The number of thiazole rings is 1. The molecule has 0 radical (unpaired) electrons. The van der Waals surface area contributed by atoms with Crippen molar-refractivity contribution in [2.24, 2.45) is 11.8 Å². The molecule has 4 heteroatoms. The number of nitrogens with zero attached hydrogens (tertiary/aromatic N) is 2. The zero-order valence-electron chi connectivity index (χ0n) is 12.6. The van der Waals surface area contributed by atoms with Gasteiger partial charge in [0.15, 0.2) is 5.13 Å². The number of anilines is 1. The molecular formula is C15H27N3S. The summed E-state index contributed by atoms with van der Waals surface area (Å²) in [4.78, 5) is 8.21. The minimum Gasteiger partial charge on any atom is -0.349 e. The second-order valence-corrected chi connectivity index (χ2v) is 6.78. The Labute approximate surface area is 121 Å². The first kappa shape index (κ1) is 14.8. The summed E-state index contributed by atoms with van der Waals surface area (Å²) in [6, 6.07) is 0.689. The highest BCUT2D eigenvalue weighted by Crippen LogP contribution is 2.31. The van der Waals surface area contributed by atoms with E-state index < -0.39 is 0 Å². The van der Waals surface area contributed by atoms with E-state index in [2.05, 4.69) is 42.9 Å². The van der Waals surface area contributed by atoms with Crippen molar-refractivity contribution < 1.29 is 0 Å². The Morgan fingerprint density at radius 3 is 2.63 bits per heavy atom. The Kier molecular flexibility index (Phi) is 5.22. The molecule has 1 aliphatic rings. The minimum atomic E-state index is 0.689. The van der Waals surface area contributed by atoms with Gasteiger partial charge in [0.25, 0.3) is 0 Å². The molecule has 1 aromatic heterocycles. The van der Waals surface area contributed by atoms with Gasteiger partial charge in [0.05, 0.1) is 0 Å². The minimum absolute atomic E-state index is 0.689.